The lowest BCUT2D eigenvalue weighted by Gasteiger charge is -2.15. The molecule has 0 radical (unpaired) electrons. The minimum atomic E-state index is -1.00. The fourth-order valence-electron chi connectivity index (χ4n) is 2.45. The maximum Gasteiger partial charge on any atom is 0.135 e. The molecular weight excluding hydrogens is 227 g/mol. The molecule has 0 saturated heterocycles. The van der Waals surface area contributed by atoms with Gasteiger partial charge in [0, 0.05) is 5.56 Å². The van der Waals surface area contributed by atoms with Gasteiger partial charge in [0.15, 0.2) is 0 Å². The van der Waals surface area contributed by atoms with Crippen LogP contribution in [0.25, 0.3) is 0 Å². The van der Waals surface area contributed by atoms with Gasteiger partial charge in [0.25, 0.3) is 0 Å². The zero-order chi connectivity index (χ0) is 12.5. The zero-order valence-electron chi connectivity index (χ0n) is 10.3. The molecule has 1 heterocycles. The van der Waals surface area contributed by atoms with Gasteiger partial charge in [-0.25, -0.2) is 4.39 Å². The third-order valence-corrected chi connectivity index (χ3v) is 3.46. The van der Waals surface area contributed by atoms with Crippen molar-refractivity contribution in [1.82, 2.24) is 0 Å². The van der Waals surface area contributed by atoms with E-state index in [-0.39, 0.29) is 5.92 Å². The van der Waals surface area contributed by atoms with Crippen LogP contribution >= 0.6 is 0 Å². The van der Waals surface area contributed by atoms with E-state index in [1.54, 1.807) is 0 Å². The highest BCUT2D eigenvalue weighted by Gasteiger charge is 2.32. The molecule has 0 aliphatic carbocycles. The molecule has 2 unspecified atom stereocenters. The Balaban J connectivity index is 1.93. The molecule has 0 spiro atoms. The molecule has 0 N–H and O–H groups in total. The molecule has 2 aromatic carbocycles. The second-order valence-electron chi connectivity index (χ2n) is 4.77. The summed E-state index contributed by atoms with van der Waals surface area (Å²) in [5, 5.41) is 0. The highest BCUT2D eigenvalue weighted by Crippen LogP contribution is 2.43. The summed E-state index contributed by atoms with van der Waals surface area (Å²) in [7, 11) is 0. The van der Waals surface area contributed by atoms with Gasteiger partial charge < -0.3 is 4.74 Å². The van der Waals surface area contributed by atoms with Crippen LogP contribution in [-0.2, 0) is 0 Å². The van der Waals surface area contributed by atoms with Crippen LogP contribution in [0, 0.1) is 6.92 Å². The lowest BCUT2D eigenvalue weighted by Crippen LogP contribution is -2.08. The monoisotopic (exact) mass is 242 g/mol. The Hall–Kier alpha value is -1.83. The number of alkyl halides is 1. The number of benzene rings is 2. The van der Waals surface area contributed by atoms with Crippen LogP contribution in [0.1, 0.15) is 28.8 Å². The first-order valence-electron chi connectivity index (χ1n) is 6.18. The largest absolute Gasteiger partial charge is 0.493 e. The first kappa shape index (κ1) is 11.3. The molecule has 0 aromatic heterocycles. The van der Waals surface area contributed by atoms with Crippen molar-refractivity contribution < 1.29 is 9.13 Å². The van der Waals surface area contributed by atoms with E-state index in [4.69, 9.17) is 4.74 Å². The van der Waals surface area contributed by atoms with E-state index in [1.165, 1.54) is 0 Å². The molecule has 0 fully saturated rings. The van der Waals surface area contributed by atoms with E-state index < -0.39 is 6.17 Å². The van der Waals surface area contributed by atoms with Gasteiger partial charge in [-0.05, 0) is 24.1 Å². The molecule has 0 bridgehead atoms. The van der Waals surface area contributed by atoms with E-state index >= 15 is 0 Å². The molecular formula is C16H15FO. The Bertz CT molecular complexity index is 550. The standard InChI is InChI=1S/C16H15FO/c1-11-7-8-13-14(10-18-15(13)9-11)16(17)12-5-3-2-4-6-12/h2-9,14,16H,10H2,1H3. The van der Waals surface area contributed by atoms with Crippen LogP contribution in [0.3, 0.4) is 0 Å². The Morgan fingerprint density at radius 1 is 1.17 bits per heavy atom. The van der Waals surface area contributed by atoms with Crippen LogP contribution in [-0.4, -0.2) is 6.61 Å². The van der Waals surface area contributed by atoms with Gasteiger partial charge in [0.1, 0.15) is 11.9 Å². The fraction of sp³-hybridized carbons (Fsp3) is 0.250. The molecule has 0 saturated carbocycles. The highest BCUT2D eigenvalue weighted by atomic mass is 19.1. The normalized spacial score (nSPS) is 19.1. The second-order valence-corrected chi connectivity index (χ2v) is 4.77. The molecule has 2 aromatic rings. The Morgan fingerprint density at radius 3 is 2.72 bits per heavy atom. The molecule has 2 atom stereocenters. The predicted molar refractivity (Wildman–Crippen MR) is 69.7 cm³/mol. The number of ether oxygens (including phenoxy) is 1. The van der Waals surface area contributed by atoms with Crippen molar-refractivity contribution in [3.63, 3.8) is 0 Å². The van der Waals surface area contributed by atoms with Crippen molar-refractivity contribution in [1.29, 1.82) is 0 Å². The first-order valence-corrected chi connectivity index (χ1v) is 6.18. The quantitative estimate of drug-likeness (QED) is 0.767. The van der Waals surface area contributed by atoms with Crippen LogP contribution in [0.5, 0.6) is 5.75 Å². The molecule has 1 nitrogen and oxygen atoms in total. The Morgan fingerprint density at radius 2 is 1.94 bits per heavy atom. The van der Waals surface area contributed by atoms with E-state index in [2.05, 4.69) is 0 Å². The number of aryl methyl sites for hydroxylation is 1. The second kappa shape index (κ2) is 4.45. The summed E-state index contributed by atoms with van der Waals surface area (Å²) in [6, 6.07) is 15.3. The van der Waals surface area contributed by atoms with Gasteiger partial charge in [0.2, 0.25) is 0 Å². The smallest absolute Gasteiger partial charge is 0.135 e. The van der Waals surface area contributed by atoms with Crippen LogP contribution in [0.4, 0.5) is 4.39 Å². The van der Waals surface area contributed by atoms with E-state index in [0.29, 0.717) is 6.61 Å². The van der Waals surface area contributed by atoms with Gasteiger partial charge in [-0.15, -0.1) is 0 Å². The summed E-state index contributed by atoms with van der Waals surface area (Å²) < 4.78 is 20.1. The Kier molecular flexibility index (Phi) is 2.78. The number of hydrogen-bond acceptors (Lipinski definition) is 1. The van der Waals surface area contributed by atoms with Gasteiger partial charge in [0.05, 0.1) is 12.5 Å². The number of hydrogen-bond donors (Lipinski definition) is 0. The summed E-state index contributed by atoms with van der Waals surface area (Å²) in [6.45, 7) is 2.44. The summed E-state index contributed by atoms with van der Waals surface area (Å²) in [6.07, 6.45) is -1.00. The van der Waals surface area contributed by atoms with Crippen LogP contribution < -0.4 is 4.74 Å². The molecule has 3 rings (SSSR count). The predicted octanol–water partition coefficient (Wildman–Crippen LogP) is 4.18. The van der Waals surface area contributed by atoms with Gasteiger partial charge in [-0.2, -0.15) is 0 Å². The van der Waals surface area contributed by atoms with Crippen molar-refractivity contribution in [2.75, 3.05) is 6.61 Å². The zero-order valence-corrected chi connectivity index (χ0v) is 10.3. The SMILES string of the molecule is Cc1ccc2c(c1)OCC2C(F)c1ccccc1. The highest BCUT2D eigenvalue weighted by molar-refractivity contribution is 5.44. The Labute approximate surface area is 106 Å². The maximum atomic E-state index is 14.5. The van der Waals surface area contributed by atoms with Crippen LogP contribution in [0.2, 0.25) is 0 Å². The molecule has 1 aliphatic heterocycles. The topological polar surface area (TPSA) is 9.23 Å². The van der Waals surface area contributed by atoms with Crippen molar-refractivity contribution in [3.05, 3.63) is 65.2 Å². The van der Waals surface area contributed by atoms with Crippen molar-refractivity contribution >= 4 is 0 Å². The molecule has 18 heavy (non-hydrogen) atoms. The molecule has 2 heteroatoms. The van der Waals surface area contributed by atoms with E-state index in [1.807, 2.05) is 55.5 Å². The summed E-state index contributed by atoms with van der Waals surface area (Å²) in [4.78, 5) is 0. The summed E-state index contributed by atoms with van der Waals surface area (Å²) in [5.74, 6) is 0.640. The number of halogens is 1. The van der Waals surface area contributed by atoms with Gasteiger partial charge in [-0.3, -0.25) is 0 Å². The maximum absolute atomic E-state index is 14.5. The fourth-order valence-corrected chi connectivity index (χ4v) is 2.45. The minimum Gasteiger partial charge on any atom is -0.493 e. The van der Waals surface area contributed by atoms with Crippen molar-refractivity contribution in [2.45, 2.75) is 19.0 Å². The van der Waals surface area contributed by atoms with Crippen molar-refractivity contribution in [2.24, 2.45) is 0 Å². The third kappa shape index (κ3) is 1.88. The molecule has 92 valence electrons. The number of fused-ring (bicyclic) bond motifs is 1. The number of rotatable bonds is 2. The molecule has 1 aliphatic rings. The van der Waals surface area contributed by atoms with E-state index in [0.717, 1.165) is 22.4 Å². The summed E-state index contributed by atoms with van der Waals surface area (Å²) in [5.41, 5.74) is 2.85. The third-order valence-electron chi connectivity index (χ3n) is 3.46. The first-order chi connectivity index (χ1) is 8.75. The van der Waals surface area contributed by atoms with Crippen molar-refractivity contribution in [3.8, 4) is 5.75 Å². The minimum absolute atomic E-state index is 0.192. The van der Waals surface area contributed by atoms with E-state index in [9.17, 15) is 4.39 Å². The lowest BCUT2D eigenvalue weighted by molar-refractivity contribution is 0.236. The average Bonchev–Trinajstić information content (AvgIpc) is 2.81. The van der Waals surface area contributed by atoms with Crippen LogP contribution in [0.15, 0.2) is 48.5 Å². The molecule has 0 amide bonds. The lowest BCUT2D eigenvalue weighted by atomic mass is 9.91. The van der Waals surface area contributed by atoms with Gasteiger partial charge in [-0.1, -0.05) is 42.5 Å². The summed E-state index contributed by atoms with van der Waals surface area (Å²) >= 11 is 0. The van der Waals surface area contributed by atoms with Gasteiger partial charge >= 0.3 is 0 Å². The average molecular weight is 242 g/mol.